The van der Waals surface area contributed by atoms with Crippen molar-refractivity contribution in [3.63, 3.8) is 0 Å². The number of hydrogen-bond donors (Lipinski definition) is 0. The molecular formula is C16H18ClN3O. The second kappa shape index (κ2) is 5.53. The molecule has 3 rings (SSSR count). The first-order valence-corrected chi connectivity index (χ1v) is 7.46. The molecule has 0 saturated carbocycles. The monoisotopic (exact) mass is 303 g/mol. The summed E-state index contributed by atoms with van der Waals surface area (Å²) in [6.45, 7) is 3.35. The zero-order valence-electron chi connectivity index (χ0n) is 12.3. The molecule has 1 aromatic carbocycles. The van der Waals surface area contributed by atoms with Gasteiger partial charge in [-0.2, -0.15) is 0 Å². The van der Waals surface area contributed by atoms with Crippen molar-refractivity contribution in [3.05, 3.63) is 52.1 Å². The van der Waals surface area contributed by atoms with Crippen molar-refractivity contribution in [1.82, 2.24) is 14.5 Å². The summed E-state index contributed by atoms with van der Waals surface area (Å²) in [6.07, 6.45) is 1.23. The summed E-state index contributed by atoms with van der Waals surface area (Å²) in [5, 5.41) is 0.494. The number of hydrogen-bond acceptors (Lipinski definition) is 2. The lowest BCUT2D eigenvalue weighted by molar-refractivity contribution is -0.131. The zero-order valence-corrected chi connectivity index (χ0v) is 13.0. The number of carbonyl (C=O) groups excluding carboxylic acids is 1. The standard InChI is InChI=1S/C16H18ClN3O/c1-11-5-3-4-6-12(11)9-15(21)20-8-7-13-14(10-20)19(2)16(17)18-13/h3-6H,7-10H2,1-2H3. The quantitative estimate of drug-likeness (QED) is 0.855. The highest BCUT2D eigenvalue weighted by Crippen LogP contribution is 2.22. The number of benzene rings is 1. The van der Waals surface area contributed by atoms with Crippen LogP contribution in [0.4, 0.5) is 0 Å². The first-order chi connectivity index (χ1) is 10.1. The van der Waals surface area contributed by atoms with E-state index in [2.05, 4.69) is 4.98 Å². The molecule has 0 unspecified atom stereocenters. The van der Waals surface area contributed by atoms with E-state index in [4.69, 9.17) is 11.6 Å². The molecule has 0 atom stereocenters. The Labute approximate surface area is 129 Å². The first kappa shape index (κ1) is 14.1. The molecule has 2 aromatic rings. The average molecular weight is 304 g/mol. The molecule has 1 aliphatic rings. The van der Waals surface area contributed by atoms with E-state index >= 15 is 0 Å². The highest BCUT2D eigenvalue weighted by Gasteiger charge is 2.25. The van der Waals surface area contributed by atoms with E-state index in [0.29, 0.717) is 24.8 Å². The summed E-state index contributed by atoms with van der Waals surface area (Å²) < 4.78 is 1.87. The minimum atomic E-state index is 0.160. The Balaban J connectivity index is 1.75. The second-order valence-corrected chi connectivity index (χ2v) is 5.84. The topological polar surface area (TPSA) is 38.1 Å². The molecule has 21 heavy (non-hydrogen) atoms. The van der Waals surface area contributed by atoms with Crippen molar-refractivity contribution >= 4 is 17.5 Å². The Hall–Kier alpha value is -1.81. The summed E-state index contributed by atoms with van der Waals surface area (Å²) in [7, 11) is 1.89. The number of nitrogens with zero attached hydrogens (tertiary/aromatic N) is 3. The van der Waals surface area contributed by atoms with Gasteiger partial charge >= 0.3 is 0 Å². The van der Waals surface area contributed by atoms with Gasteiger partial charge in [-0.15, -0.1) is 0 Å². The number of aryl methyl sites for hydroxylation is 1. The van der Waals surface area contributed by atoms with Crippen molar-refractivity contribution < 1.29 is 4.79 Å². The second-order valence-electron chi connectivity index (χ2n) is 5.50. The van der Waals surface area contributed by atoms with Crippen molar-refractivity contribution in [2.45, 2.75) is 26.3 Å². The molecule has 1 aliphatic heterocycles. The van der Waals surface area contributed by atoms with E-state index < -0.39 is 0 Å². The number of rotatable bonds is 2. The minimum Gasteiger partial charge on any atom is -0.336 e. The van der Waals surface area contributed by atoms with E-state index in [1.54, 1.807) is 0 Å². The van der Waals surface area contributed by atoms with Gasteiger partial charge in [-0.05, 0) is 29.7 Å². The SMILES string of the molecule is Cc1ccccc1CC(=O)N1CCc2nc(Cl)n(C)c2C1. The van der Waals surface area contributed by atoms with E-state index in [1.165, 1.54) is 0 Å². The number of amides is 1. The molecule has 1 aromatic heterocycles. The van der Waals surface area contributed by atoms with E-state index in [1.807, 2.05) is 47.7 Å². The summed E-state index contributed by atoms with van der Waals surface area (Å²) in [5.41, 5.74) is 4.32. The molecule has 0 fully saturated rings. The molecule has 110 valence electrons. The van der Waals surface area contributed by atoms with Crippen LogP contribution in [0, 0.1) is 6.92 Å². The van der Waals surface area contributed by atoms with Gasteiger partial charge in [-0.25, -0.2) is 4.98 Å². The fourth-order valence-corrected chi connectivity index (χ4v) is 2.95. The number of fused-ring (bicyclic) bond motifs is 1. The van der Waals surface area contributed by atoms with Gasteiger partial charge in [0.25, 0.3) is 0 Å². The number of carbonyl (C=O) groups is 1. The van der Waals surface area contributed by atoms with Crippen LogP contribution in [-0.4, -0.2) is 26.9 Å². The Kier molecular flexibility index (Phi) is 3.72. The predicted molar refractivity (Wildman–Crippen MR) is 82.2 cm³/mol. The summed E-state index contributed by atoms with van der Waals surface area (Å²) in [6, 6.07) is 8.03. The Morgan fingerprint density at radius 3 is 2.90 bits per heavy atom. The number of imidazole rings is 1. The van der Waals surface area contributed by atoms with Crippen LogP contribution in [0.2, 0.25) is 5.28 Å². The Bertz CT molecular complexity index is 693. The summed E-state index contributed by atoms with van der Waals surface area (Å²) in [4.78, 5) is 18.7. The van der Waals surface area contributed by atoms with Gasteiger partial charge in [0.15, 0.2) is 0 Å². The molecule has 0 radical (unpaired) electrons. The van der Waals surface area contributed by atoms with Crippen LogP contribution >= 0.6 is 11.6 Å². The lowest BCUT2D eigenvalue weighted by Crippen LogP contribution is -2.37. The third-order valence-corrected chi connectivity index (χ3v) is 4.49. The van der Waals surface area contributed by atoms with Gasteiger partial charge < -0.3 is 9.47 Å². The van der Waals surface area contributed by atoms with Crippen LogP contribution in [0.1, 0.15) is 22.5 Å². The Morgan fingerprint density at radius 2 is 2.14 bits per heavy atom. The number of halogens is 1. The fourth-order valence-electron chi connectivity index (χ4n) is 2.75. The molecular weight excluding hydrogens is 286 g/mol. The van der Waals surface area contributed by atoms with Crippen LogP contribution in [-0.2, 0) is 31.2 Å². The summed E-state index contributed by atoms with van der Waals surface area (Å²) in [5.74, 6) is 0.160. The normalized spacial score (nSPS) is 14.1. The van der Waals surface area contributed by atoms with Crippen LogP contribution in [0.3, 0.4) is 0 Å². The maximum Gasteiger partial charge on any atom is 0.227 e. The van der Waals surface area contributed by atoms with Crippen molar-refractivity contribution in [1.29, 1.82) is 0 Å². The lowest BCUT2D eigenvalue weighted by atomic mass is 10.0. The Morgan fingerprint density at radius 1 is 1.38 bits per heavy atom. The zero-order chi connectivity index (χ0) is 15.0. The van der Waals surface area contributed by atoms with Crippen molar-refractivity contribution in [2.24, 2.45) is 7.05 Å². The van der Waals surface area contributed by atoms with Crippen LogP contribution in [0.25, 0.3) is 0 Å². The van der Waals surface area contributed by atoms with Crippen LogP contribution < -0.4 is 0 Å². The van der Waals surface area contributed by atoms with Gasteiger partial charge in [0.1, 0.15) is 0 Å². The molecule has 2 heterocycles. The highest BCUT2D eigenvalue weighted by atomic mass is 35.5. The van der Waals surface area contributed by atoms with Crippen molar-refractivity contribution in [2.75, 3.05) is 6.54 Å². The maximum absolute atomic E-state index is 12.5. The van der Waals surface area contributed by atoms with E-state index in [0.717, 1.165) is 28.9 Å². The van der Waals surface area contributed by atoms with Crippen LogP contribution in [0.5, 0.6) is 0 Å². The van der Waals surface area contributed by atoms with Gasteiger partial charge in [-0.1, -0.05) is 24.3 Å². The molecule has 0 spiro atoms. The van der Waals surface area contributed by atoms with E-state index in [-0.39, 0.29) is 5.91 Å². The van der Waals surface area contributed by atoms with Gasteiger partial charge in [0.2, 0.25) is 11.2 Å². The van der Waals surface area contributed by atoms with Gasteiger partial charge in [0.05, 0.1) is 24.4 Å². The molecule has 0 aliphatic carbocycles. The minimum absolute atomic E-state index is 0.160. The largest absolute Gasteiger partial charge is 0.336 e. The third-order valence-electron chi connectivity index (χ3n) is 4.16. The van der Waals surface area contributed by atoms with Gasteiger partial charge in [0, 0.05) is 20.0 Å². The molecule has 4 nitrogen and oxygen atoms in total. The molecule has 0 N–H and O–H groups in total. The average Bonchev–Trinajstić information content (AvgIpc) is 2.76. The first-order valence-electron chi connectivity index (χ1n) is 7.08. The van der Waals surface area contributed by atoms with E-state index in [9.17, 15) is 4.79 Å². The van der Waals surface area contributed by atoms with Gasteiger partial charge in [-0.3, -0.25) is 4.79 Å². The summed E-state index contributed by atoms with van der Waals surface area (Å²) >= 11 is 6.05. The smallest absolute Gasteiger partial charge is 0.227 e. The molecule has 1 amide bonds. The maximum atomic E-state index is 12.5. The molecule has 0 saturated heterocycles. The van der Waals surface area contributed by atoms with Crippen LogP contribution in [0.15, 0.2) is 24.3 Å². The highest BCUT2D eigenvalue weighted by molar-refractivity contribution is 6.28. The number of aromatic nitrogens is 2. The predicted octanol–water partition coefficient (Wildman–Crippen LogP) is 2.51. The molecule has 5 heteroatoms. The third kappa shape index (κ3) is 2.68. The fraction of sp³-hybridized carbons (Fsp3) is 0.375. The van der Waals surface area contributed by atoms with Crippen molar-refractivity contribution in [3.8, 4) is 0 Å². The molecule has 0 bridgehead atoms. The lowest BCUT2D eigenvalue weighted by Gasteiger charge is -2.27.